The lowest BCUT2D eigenvalue weighted by molar-refractivity contribution is -0.137. The molecule has 0 radical (unpaired) electrons. The molecule has 0 spiro atoms. The van der Waals surface area contributed by atoms with Gasteiger partial charge < -0.3 is 20.5 Å². The van der Waals surface area contributed by atoms with E-state index < -0.39 is 17.3 Å². The monoisotopic (exact) mass is 502 g/mol. The number of ether oxygens (including phenoxy) is 2. The molecular formula is C26H29F3N4O3. The zero-order valence-corrected chi connectivity index (χ0v) is 20.2. The predicted octanol–water partition coefficient (Wildman–Crippen LogP) is 4.58. The van der Waals surface area contributed by atoms with E-state index >= 15 is 0 Å². The molecule has 3 N–H and O–H groups in total. The van der Waals surface area contributed by atoms with Crippen LogP contribution in [0.5, 0.6) is 11.5 Å². The van der Waals surface area contributed by atoms with Crippen LogP contribution in [0.15, 0.2) is 41.2 Å². The molecule has 10 heteroatoms. The first-order chi connectivity index (χ1) is 17.3. The SMILES string of the molecule is COc1cc(OC)cc(-c2nn(-c3cc(NCCCCN)ccc3C(F)(F)F)c(=O)c3c2CCC3)c1. The average Bonchev–Trinajstić information content (AvgIpc) is 3.36. The first-order valence-electron chi connectivity index (χ1n) is 11.8. The minimum absolute atomic E-state index is 0.317. The second-order valence-electron chi connectivity index (χ2n) is 8.63. The Kier molecular flexibility index (Phi) is 7.53. The van der Waals surface area contributed by atoms with Gasteiger partial charge in [-0.3, -0.25) is 4.79 Å². The van der Waals surface area contributed by atoms with E-state index in [2.05, 4.69) is 10.4 Å². The van der Waals surface area contributed by atoms with Crippen LogP contribution in [0.4, 0.5) is 18.9 Å². The van der Waals surface area contributed by atoms with Gasteiger partial charge in [0.2, 0.25) is 0 Å². The van der Waals surface area contributed by atoms with E-state index in [9.17, 15) is 18.0 Å². The van der Waals surface area contributed by atoms with Gasteiger partial charge in [-0.25, -0.2) is 0 Å². The van der Waals surface area contributed by atoms with Crippen molar-refractivity contribution in [1.29, 1.82) is 0 Å². The van der Waals surface area contributed by atoms with Crippen molar-refractivity contribution in [3.8, 4) is 28.4 Å². The number of hydrogen-bond acceptors (Lipinski definition) is 6. The van der Waals surface area contributed by atoms with Crippen molar-refractivity contribution in [3.05, 3.63) is 63.4 Å². The van der Waals surface area contributed by atoms with E-state index in [0.29, 0.717) is 59.9 Å². The average molecular weight is 503 g/mol. The third kappa shape index (κ3) is 5.18. The molecule has 4 rings (SSSR count). The third-order valence-corrected chi connectivity index (χ3v) is 6.27. The van der Waals surface area contributed by atoms with Gasteiger partial charge in [-0.2, -0.15) is 23.0 Å². The van der Waals surface area contributed by atoms with Crippen molar-refractivity contribution < 1.29 is 22.6 Å². The minimum atomic E-state index is -4.67. The van der Waals surface area contributed by atoms with Gasteiger partial charge in [0.25, 0.3) is 5.56 Å². The van der Waals surface area contributed by atoms with Gasteiger partial charge >= 0.3 is 6.18 Å². The van der Waals surface area contributed by atoms with Gasteiger partial charge in [0.1, 0.15) is 11.5 Å². The van der Waals surface area contributed by atoms with E-state index in [4.69, 9.17) is 15.2 Å². The van der Waals surface area contributed by atoms with Crippen molar-refractivity contribution in [2.24, 2.45) is 5.73 Å². The van der Waals surface area contributed by atoms with E-state index in [0.717, 1.165) is 35.6 Å². The molecule has 0 atom stereocenters. The fourth-order valence-corrected chi connectivity index (χ4v) is 4.47. The fourth-order valence-electron chi connectivity index (χ4n) is 4.47. The Balaban J connectivity index is 1.91. The van der Waals surface area contributed by atoms with Crippen LogP contribution in [-0.4, -0.2) is 37.1 Å². The number of unbranched alkanes of at least 4 members (excludes halogenated alkanes) is 1. The van der Waals surface area contributed by atoms with Crippen LogP contribution < -0.4 is 26.1 Å². The molecule has 1 aromatic heterocycles. The minimum Gasteiger partial charge on any atom is -0.497 e. The highest BCUT2D eigenvalue weighted by Crippen LogP contribution is 2.37. The van der Waals surface area contributed by atoms with Gasteiger partial charge in [0.05, 0.1) is 31.2 Å². The molecule has 192 valence electrons. The molecule has 2 aromatic carbocycles. The lowest BCUT2D eigenvalue weighted by Crippen LogP contribution is -2.28. The van der Waals surface area contributed by atoms with E-state index in [1.807, 2.05) is 0 Å². The summed E-state index contributed by atoms with van der Waals surface area (Å²) in [6, 6.07) is 8.84. The summed E-state index contributed by atoms with van der Waals surface area (Å²) in [5.74, 6) is 1.02. The molecular weight excluding hydrogens is 473 g/mol. The Labute approximate surface area is 207 Å². The van der Waals surface area contributed by atoms with Crippen LogP contribution in [-0.2, 0) is 19.0 Å². The number of halogens is 3. The van der Waals surface area contributed by atoms with Gasteiger partial charge in [0, 0.05) is 29.4 Å². The summed E-state index contributed by atoms with van der Waals surface area (Å²) in [6.07, 6.45) is -1.30. The number of nitrogens with one attached hydrogen (secondary N) is 1. The third-order valence-electron chi connectivity index (χ3n) is 6.27. The number of anilines is 1. The number of aromatic nitrogens is 2. The van der Waals surface area contributed by atoms with Crippen molar-refractivity contribution in [2.75, 3.05) is 32.6 Å². The maximum atomic E-state index is 14.0. The summed E-state index contributed by atoms with van der Waals surface area (Å²) < 4.78 is 53.7. The lowest BCUT2D eigenvalue weighted by Gasteiger charge is -2.18. The number of benzene rings is 2. The predicted molar refractivity (Wildman–Crippen MR) is 132 cm³/mol. The Morgan fingerprint density at radius 3 is 2.36 bits per heavy atom. The normalized spacial score (nSPS) is 12.9. The topological polar surface area (TPSA) is 91.4 Å². The summed E-state index contributed by atoms with van der Waals surface area (Å²) in [4.78, 5) is 13.4. The zero-order chi connectivity index (χ0) is 25.9. The second-order valence-corrected chi connectivity index (χ2v) is 8.63. The van der Waals surface area contributed by atoms with Crippen molar-refractivity contribution in [2.45, 2.75) is 38.3 Å². The number of hydrogen-bond donors (Lipinski definition) is 2. The highest BCUT2D eigenvalue weighted by molar-refractivity contribution is 5.69. The largest absolute Gasteiger partial charge is 0.497 e. The lowest BCUT2D eigenvalue weighted by atomic mass is 10.0. The smallest absolute Gasteiger partial charge is 0.418 e. The molecule has 0 unspecified atom stereocenters. The van der Waals surface area contributed by atoms with Crippen molar-refractivity contribution in [3.63, 3.8) is 0 Å². The highest BCUT2D eigenvalue weighted by atomic mass is 19.4. The number of fused-ring (bicyclic) bond motifs is 1. The standard InChI is InChI=1S/C26H29F3N4O3/c1-35-18-12-16(13-19(15-18)36-2)24-20-6-5-7-21(20)25(34)33(32-24)23-14-17(31-11-4-3-10-30)8-9-22(23)26(27,28)29/h8-9,12-15,31H,3-7,10-11,30H2,1-2H3. The molecule has 1 aliphatic carbocycles. The van der Waals surface area contributed by atoms with Crippen LogP contribution in [0.1, 0.15) is 36.0 Å². The van der Waals surface area contributed by atoms with E-state index in [-0.39, 0.29) is 5.69 Å². The first-order valence-corrected chi connectivity index (χ1v) is 11.8. The Morgan fingerprint density at radius 2 is 1.72 bits per heavy atom. The first kappa shape index (κ1) is 25.6. The number of nitrogens with zero attached hydrogens (tertiary/aromatic N) is 2. The van der Waals surface area contributed by atoms with Crippen LogP contribution in [0.3, 0.4) is 0 Å². The van der Waals surface area contributed by atoms with Crippen LogP contribution in [0, 0.1) is 0 Å². The fraction of sp³-hybridized carbons (Fsp3) is 0.385. The molecule has 0 saturated heterocycles. The molecule has 0 aliphatic heterocycles. The maximum Gasteiger partial charge on any atom is 0.418 e. The van der Waals surface area contributed by atoms with Gasteiger partial charge in [0.15, 0.2) is 0 Å². The number of nitrogens with two attached hydrogens (primary N) is 1. The maximum absolute atomic E-state index is 14.0. The zero-order valence-electron chi connectivity index (χ0n) is 20.2. The summed E-state index contributed by atoms with van der Waals surface area (Å²) in [6.45, 7) is 1.08. The number of methoxy groups -OCH3 is 2. The molecule has 0 amide bonds. The summed E-state index contributed by atoms with van der Waals surface area (Å²) in [5, 5.41) is 7.63. The van der Waals surface area contributed by atoms with Crippen LogP contribution in [0.25, 0.3) is 16.9 Å². The number of alkyl halides is 3. The molecule has 0 bridgehead atoms. The van der Waals surface area contributed by atoms with Gasteiger partial charge in [-0.1, -0.05) is 0 Å². The second kappa shape index (κ2) is 10.6. The van der Waals surface area contributed by atoms with E-state index in [1.165, 1.54) is 26.4 Å². The summed E-state index contributed by atoms with van der Waals surface area (Å²) in [5.41, 5.74) is 6.47. The number of rotatable bonds is 9. The molecule has 1 aliphatic rings. The molecule has 0 saturated carbocycles. The molecule has 7 nitrogen and oxygen atoms in total. The van der Waals surface area contributed by atoms with Crippen molar-refractivity contribution in [1.82, 2.24) is 9.78 Å². The van der Waals surface area contributed by atoms with Gasteiger partial charge in [-0.15, -0.1) is 0 Å². The van der Waals surface area contributed by atoms with E-state index in [1.54, 1.807) is 18.2 Å². The molecule has 3 aromatic rings. The quantitative estimate of drug-likeness (QED) is 0.417. The highest BCUT2D eigenvalue weighted by Gasteiger charge is 2.35. The summed E-state index contributed by atoms with van der Waals surface area (Å²) in [7, 11) is 3.03. The Morgan fingerprint density at radius 1 is 1.03 bits per heavy atom. The molecule has 36 heavy (non-hydrogen) atoms. The van der Waals surface area contributed by atoms with Crippen LogP contribution >= 0.6 is 0 Å². The molecule has 0 fully saturated rings. The van der Waals surface area contributed by atoms with Crippen molar-refractivity contribution >= 4 is 5.69 Å². The Bertz CT molecular complexity index is 1280. The summed E-state index contributed by atoms with van der Waals surface area (Å²) >= 11 is 0. The van der Waals surface area contributed by atoms with Crippen LogP contribution in [0.2, 0.25) is 0 Å². The van der Waals surface area contributed by atoms with Gasteiger partial charge in [-0.05, 0) is 74.5 Å². The Hall–Kier alpha value is -3.53. The molecule has 1 heterocycles.